The Labute approximate surface area is 137 Å². The Balaban J connectivity index is 2.14. The summed E-state index contributed by atoms with van der Waals surface area (Å²) in [6, 6.07) is 3.53. The second-order valence-electron chi connectivity index (χ2n) is 4.73. The lowest BCUT2D eigenvalue weighted by Gasteiger charge is -2.10. The van der Waals surface area contributed by atoms with Crippen molar-refractivity contribution in [3.63, 3.8) is 0 Å². The Kier molecular flexibility index (Phi) is 5.29. The summed E-state index contributed by atoms with van der Waals surface area (Å²) in [5, 5.41) is 19.8. The van der Waals surface area contributed by atoms with E-state index in [4.69, 9.17) is 5.14 Å². The molecule has 23 heavy (non-hydrogen) atoms. The van der Waals surface area contributed by atoms with Crippen molar-refractivity contribution in [1.29, 1.82) is 0 Å². The lowest BCUT2D eigenvalue weighted by atomic mass is 10.2. The molecule has 2 aromatic rings. The van der Waals surface area contributed by atoms with Gasteiger partial charge < -0.3 is 5.32 Å². The molecule has 0 radical (unpaired) electrons. The molecule has 3 N–H and O–H groups in total. The monoisotopic (exact) mass is 356 g/mol. The van der Waals surface area contributed by atoms with E-state index in [0.717, 1.165) is 17.5 Å². The quantitative estimate of drug-likeness (QED) is 0.576. The van der Waals surface area contributed by atoms with Crippen LogP contribution in [0.4, 0.5) is 11.4 Å². The highest BCUT2D eigenvalue weighted by Crippen LogP contribution is 2.25. The zero-order chi connectivity index (χ0) is 17.0. The summed E-state index contributed by atoms with van der Waals surface area (Å²) in [5.41, 5.74) is -0.0857. The average Bonchev–Trinajstić information content (AvgIpc) is 2.94. The molecule has 10 heteroatoms. The number of nitrogens with one attached hydrogen (secondary N) is 1. The van der Waals surface area contributed by atoms with E-state index < -0.39 is 14.9 Å². The third-order valence-corrected chi connectivity index (χ3v) is 5.24. The summed E-state index contributed by atoms with van der Waals surface area (Å²) in [7, 11) is -4.06. The number of nitro benzene ring substituents is 1. The first-order chi connectivity index (χ1) is 10.8. The SMILES string of the molecule is CCc1cnc(CCNc2ccc([N+](=O)[O-])cc2S(N)(=O)=O)s1. The minimum absolute atomic E-state index is 0.241. The second-order valence-corrected chi connectivity index (χ2v) is 7.46. The van der Waals surface area contributed by atoms with Gasteiger partial charge in [-0.05, 0) is 12.5 Å². The van der Waals surface area contributed by atoms with Crippen molar-refractivity contribution in [2.24, 2.45) is 5.14 Å². The van der Waals surface area contributed by atoms with E-state index in [1.165, 1.54) is 17.0 Å². The summed E-state index contributed by atoms with van der Waals surface area (Å²) in [5.74, 6) is 0. The van der Waals surface area contributed by atoms with Crippen LogP contribution in [0.25, 0.3) is 0 Å². The maximum absolute atomic E-state index is 11.6. The molecule has 0 bridgehead atoms. The number of hydrogen-bond acceptors (Lipinski definition) is 7. The number of nitro groups is 1. The molecule has 0 amide bonds. The number of rotatable bonds is 7. The fourth-order valence-corrected chi connectivity index (χ4v) is 3.53. The third kappa shape index (κ3) is 4.47. The van der Waals surface area contributed by atoms with Crippen molar-refractivity contribution in [3.05, 3.63) is 44.4 Å². The lowest BCUT2D eigenvalue weighted by Crippen LogP contribution is -2.16. The number of anilines is 1. The molecule has 1 aromatic heterocycles. The first-order valence-electron chi connectivity index (χ1n) is 6.80. The highest BCUT2D eigenvalue weighted by molar-refractivity contribution is 7.89. The first-order valence-corrected chi connectivity index (χ1v) is 9.16. The summed E-state index contributed by atoms with van der Waals surface area (Å²) >= 11 is 1.60. The Morgan fingerprint density at radius 2 is 2.17 bits per heavy atom. The third-order valence-electron chi connectivity index (χ3n) is 3.09. The van der Waals surface area contributed by atoms with Crippen LogP contribution in [0.5, 0.6) is 0 Å². The molecule has 0 aliphatic heterocycles. The van der Waals surface area contributed by atoms with E-state index in [1.807, 2.05) is 13.1 Å². The van der Waals surface area contributed by atoms with Crippen molar-refractivity contribution in [1.82, 2.24) is 4.98 Å². The number of benzene rings is 1. The van der Waals surface area contributed by atoms with E-state index in [9.17, 15) is 18.5 Å². The summed E-state index contributed by atoms with van der Waals surface area (Å²) < 4.78 is 23.2. The fraction of sp³-hybridized carbons (Fsp3) is 0.308. The number of nitrogens with two attached hydrogens (primary N) is 1. The van der Waals surface area contributed by atoms with E-state index in [0.29, 0.717) is 13.0 Å². The summed E-state index contributed by atoms with van der Waals surface area (Å²) in [6.45, 7) is 2.49. The first kappa shape index (κ1) is 17.3. The van der Waals surface area contributed by atoms with Crippen LogP contribution in [-0.4, -0.2) is 24.9 Å². The number of aromatic nitrogens is 1. The van der Waals surface area contributed by atoms with Gasteiger partial charge in [-0.15, -0.1) is 11.3 Å². The van der Waals surface area contributed by atoms with Crippen LogP contribution in [0, 0.1) is 10.1 Å². The van der Waals surface area contributed by atoms with E-state index in [-0.39, 0.29) is 16.3 Å². The van der Waals surface area contributed by atoms with E-state index in [1.54, 1.807) is 11.3 Å². The van der Waals surface area contributed by atoms with Gasteiger partial charge in [0.25, 0.3) is 5.69 Å². The van der Waals surface area contributed by atoms with Crippen molar-refractivity contribution in [3.8, 4) is 0 Å². The van der Waals surface area contributed by atoms with Gasteiger partial charge in [-0.25, -0.2) is 18.5 Å². The Morgan fingerprint density at radius 1 is 1.43 bits per heavy atom. The van der Waals surface area contributed by atoms with Crippen molar-refractivity contribution >= 4 is 32.7 Å². The van der Waals surface area contributed by atoms with Gasteiger partial charge in [-0.2, -0.15) is 0 Å². The Morgan fingerprint density at radius 3 is 2.74 bits per heavy atom. The van der Waals surface area contributed by atoms with Gasteiger partial charge in [0.05, 0.1) is 15.6 Å². The van der Waals surface area contributed by atoms with Gasteiger partial charge in [0.1, 0.15) is 4.90 Å². The second kappa shape index (κ2) is 7.02. The molecule has 0 aliphatic rings. The molecular weight excluding hydrogens is 340 g/mol. The van der Waals surface area contributed by atoms with Crippen LogP contribution in [0.2, 0.25) is 0 Å². The van der Waals surface area contributed by atoms with Crippen molar-refractivity contribution in [2.75, 3.05) is 11.9 Å². The summed E-state index contributed by atoms with van der Waals surface area (Å²) in [6.07, 6.45) is 3.36. The molecule has 8 nitrogen and oxygen atoms in total. The fourth-order valence-electron chi connectivity index (χ4n) is 1.94. The van der Waals surface area contributed by atoms with Gasteiger partial charge in [0.2, 0.25) is 10.0 Å². The van der Waals surface area contributed by atoms with Gasteiger partial charge in [0, 0.05) is 36.2 Å². The molecule has 0 atom stereocenters. The lowest BCUT2D eigenvalue weighted by molar-refractivity contribution is -0.385. The summed E-state index contributed by atoms with van der Waals surface area (Å²) in [4.78, 5) is 15.3. The zero-order valence-electron chi connectivity index (χ0n) is 12.4. The molecule has 0 aliphatic carbocycles. The molecule has 0 spiro atoms. The number of aryl methyl sites for hydroxylation is 1. The van der Waals surface area contributed by atoms with Crippen LogP contribution in [-0.2, 0) is 22.9 Å². The predicted octanol–water partition coefficient (Wildman–Crippen LogP) is 1.92. The normalized spacial score (nSPS) is 11.4. The van der Waals surface area contributed by atoms with Crippen LogP contribution in [0.1, 0.15) is 16.8 Å². The largest absolute Gasteiger partial charge is 0.384 e. The number of primary sulfonamides is 1. The van der Waals surface area contributed by atoms with Gasteiger partial charge in [-0.1, -0.05) is 6.92 Å². The molecule has 1 heterocycles. The zero-order valence-corrected chi connectivity index (χ0v) is 14.0. The number of nitrogens with zero attached hydrogens (tertiary/aromatic N) is 2. The van der Waals surface area contributed by atoms with Crippen LogP contribution < -0.4 is 10.5 Å². The minimum atomic E-state index is -4.06. The number of non-ortho nitro benzene ring substituents is 1. The van der Waals surface area contributed by atoms with Gasteiger partial charge in [0.15, 0.2) is 0 Å². The molecule has 0 saturated carbocycles. The molecule has 1 aromatic carbocycles. The smallest absolute Gasteiger partial charge is 0.270 e. The van der Waals surface area contributed by atoms with E-state index >= 15 is 0 Å². The number of hydrogen-bond donors (Lipinski definition) is 2. The minimum Gasteiger partial charge on any atom is -0.384 e. The van der Waals surface area contributed by atoms with Gasteiger partial charge in [-0.3, -0.25) is 10.1 Å². The highest BCUT2D eigenvalue weighted by atomic mass is 32.2. The van der Waals surface area contributed by atoms with Crippen LogP contribution in [0.3, 0.4) is 0 Å². The Hall–Kier alpha value is -2.04. The standard InChI is InChI=1S/C13H16N4O4S2/c1-2-10-8-16-13(22-10)5-6-15-11-4-3-9(17(18)19)7-12(11)23(14,20)21/h3-4,7-8,15H,2,5-6H2,1H3,(H2,14,20,21). The van der Waals surface area contributed by atoms with Crippen molar-refractivity contribution < 1.29 is 13.3 Å². The van der Waals surface area contributed by atoms with E-state index in [2.05, 4.69) is 10.3 Å². The maximum atomic E-state index is 11.6. The topological polar surface area (TPSA) is 128 Å². The molecule has 0 saturated heterocycles. The molecule has 124 valence electrons. The van der Waals surface area contributed by atoms with Crippen LogP contribution >= 0.6 is 11.3 Å². The number of sulfonamides is 1. The average molecular weight is 356 g/mol. The van der Waals surface area contributed by atoms with Crippen LogP contribution in [0.15, 0.2) is 29.3 Å². The molecule has 2 rings (SSSR count). The molecule has 0 unspecified atom stereocenters. The van der Waals surface area contributed by atoms with Crippen molar-refractivity contribution in [2.45, 2.75) is 24.7 Å². The molecule has 0 fully saturated rings. The Bertz CT molecular complexity index is 817. The molecular formula is C13H16N4O4S2. The number of thiazole rings is 1. The maximum Gasteiger partial charge on any atom is 0.270 e. The van der Waals surface area contributed by atoms with Gasteiger partial charge >= 0.3 is 0 Å². The highest BCUT2D eigenvalue weighted by Gasteiger charge is 2.18. The predicted molar refractivity (Wildman–Crippen MR) is 88.2 cm³/mol.